The Bertz CT molecular complexity index is 1480. The van der Waals surface area contributed by atoms with Crippen molar-refractivity contribution in [2.45, 2.75) is 6.92 Å². The van der Waals surface area contributed by atoms with Crippen LogP contribution in [0, 0.1) is 6.92 Å². The first-order valence-corrected chi connectivity index (χ1v) is 12.6. The third-order valence-electron chi connectivity index (χ3n) is 5.53. The number of amidine groups is 2. The second kappa shape index (κ2) is 9.37. The van der Waals surface area contributed by atoms with Gasteiger partial charge >= 0.3 is 0 Å². The van der Waals surface area contributed by atoms with E-state index >= 15 is 0 Å². The highest BCUT2D eigenvalue weighted by Crippen LogP contribution is 2.44. The van der Waals surface area contributed by atoms with Gasteiger partial charge in [0.25, 0.3) is 11.8 Å². The monoisotopic (exact) mass is 618 g/mol. The molecule has 2 heterocycles. The Labute approximate surface area is 239 Å². The van der Waals surface area contributed by atoms with Crippen molar-refractivity contribution in [2.24, 2.45) is 9.98 Å². The van der Waals surface area contributed by atoms with Gasteiger partial charge in [-0.05, 0) is 36.8 Å². The molecule has 2 N–H and O–H groups in total. The van der Waals surface area contributed by atoms with E-state index in [0.717, 1.165) is 0 Å². The third-order valence-corrected chi connectivity index (χ3v) is 8.75. The fourth-order valence-corrected chi connectivity index (χ4v) is 5.64. The van der Waals surface area contributed by atoms with Crippen molar-refractivity contribution in [3.8, 4) is 0 Å². The maximum absolute atomic E-state index is 12.5. The Hall–Kier alpha value is -2.03. The van der Waals surface area contributed by atoms with Crippen LogP contribution in [0.1, 0.15) is 37.4 Å². The molecule has 0 bridgehead atoms. The first kappa shape index (κ1) is 25.6. The number of carbonyl (C=O) groups excluding carboxylic acids is 2. The van der Waals surface area contributed by atoms with Crippen molar-refractivity contribution in [1.29, 1.82) is 0 Å². The van der Waals surface area contributed by atoms with E-state index in [4.69, 9.17) is 81.2 Å². The molecular formula is C23H9Cl7N4O2. The summed E-state index contributed by atoms with van der Waals surface area (Å²) >= 11 is 43.7. The van der Waals surface area contributed by atoms with Crippen LogP contribution >= 0.6 is 81.2 Å². The minimum absolute atomic E-state index is 0.0101. The molecule has 0 saturated carbocycles. The Kier molecular flexibility index (Phi) is 6.67. The molecule has 2 amide bonds. The maximum Gasteiger partial charge on any atom is 0.259 e. The van der Waals surface area contributed by atoms with Gasteiger partial charge in [-0.3, -0.25) is 9.59 Å². The van der Waals surface area contributed by atoms with Crippen LogP contribution in [0.25, 0.3) is 0 Å². The molecule has 0 aromatic heterocycles. The SMILES string of the molecule is Cc1c(Cl)c(Cl)c2c(c1Cl)C(=Nc1ccc(N=C3NC(=O)c4c(Cl)c(Cl)c(Cl)c(Cl)c43)cc1)NC2=O. The van der Waals surface area contributed by atoms with E-state index < -0.39 is 11.8 Å². The standard InChI is InChI=1S/C23H9Cl7N4O2/c1-6-13(24)9-11(16(27)14(6)25)22(35)33-20(9)31-7-2-4-8(5-3-7)32-21-10-12(23(36)34-21)17(28)19(30)18(29)15(10)26/h2-5H,1H3,(H,31,33,35)(H,32,34,36). The van der Waals surface area contributed by atoms with Crippen molar-refractivity contribution in [2.75, 3.05) is 0 Å². The van der Waals surface area contributed by atoms with Gasteiger partial charge in [-0.2, -0.15) is 0 Å². The fourth-order valence-electron chi connectivity index (χ4n) is 3.77. The molecule has 2 aliphatic heterocycles. The van der Waals surface area contributed by atoms with E-state index in [2.05, 4.69) is 20.6 Å². The predicted octanol–water partition coefficient (Wildman–Crippen LogP) is 8.21. The Morgan fingerprint density at radius 2 is 0.889 bits per heavy atom. The van der Waals surface area contributed by atoms with E-state index in [1.807, 2.05) is 0 Å². The van der Waals surface area contributed by atoms with Crippen molar-refractivity contribution in [3.05, 3.63) is 87.2 Å². The highest BCUT2D eigenvalue weighted by Gasteiger charge is 2.35. The molecule has 0 radical (unpaired) electrons. The summed E-state index contributed by atoms with van der Waals surface area (Å²) in [5, 5.41) is 5.96. The molecule has 5 rings (SSSR count). The molecule has 182 valence electrons. The summed E-state index contributed by atoms with van der Waals surface area (Å²) in [6.07, 6.45) is 0. The second-order valence-corrected chi connectivity index (χ2v) is 10.3. The molecule has 0 aliphatic carbocycles. The Morgan fingerprint density at radius 3 is 1.33 bits per heavy atom. The number of fused-ring (bicyclic) bond motifs is 2. The molecule has 0 saturated heterocycles. The number of halogens is 7. The molecule has 13 heteroatoms. The van der Waals surface area contributed by atoms with E-state index in [1.54, 1.807) is 31.2 Å². The summed E-state index contributed by atoms with van der Waals surface area (Å²) in [5.74, 6) is -0.541. The van der Waals surface area contributed by atoms with Crippen LogP contribution in [0.15, 0.2) is 34.3 Å². The van der Waals surface area contributed by atoms with Crippen LogP contribution in [0.2, 0.25) is 35.2 Å². The van der Waals surface area contributed by atoms with Crippen LogP contribution in [-0.2, 0) is 0 Å². The zero-order chi connectivity index (χ0) is 26.0. The number of nitrogens with zero attached hydrogens (tertiary/aromatic N) is 2. The number of benzene rings is 3. The van der Waals surface area contributed by atoms with Gasteiger partial charge in [-0.1, -0.05) is 81.2 Å². The van der Waals surface area contributed by atoms with Crippen molar-refractivity contribution in [1.82, 2.24) is 10.6 Å². The largest absolute Gasteiger partial charge is 0.306 e. The molecule has 2 aliphatic rings. The minimum atomic E-state index is -0.501. The van der Waals surface area contributed by atoms with Gasteiger partial charge < -0.3 is 10.6 Å². The molecule has 0 atom stereocenters. The van der Waals surface area contributed by atoms with Crippen LogP contribution in [0.3, 0.4) is 0 Å². The van der Waals surface area contributed by atoms with Crippen LogP contribution in [0.5, 0.6) is 0 Å². The van der Waals surface area contributed by atoms with Gasteiger partial charge in [-0.25, -0.2) is 9.98 Å². The first-order chi connectivity index (χ1) is 17.0. The molecule has 3 aromatic rings. The average molecular weight is 622 g/mol. The lowest BCUT2D eigenvalue weighted by molar-refractivity contribution is 0.0975. The molecule has 36 heavy (non-hydrogen) atoms. The second-order valence-electron chi connectivity index (χ2n) is 7.67. The van der Waals surface area contributed by atoms with Gasteiger partial charge in [0.05, 0.1) is 68.8 Å². The zero-order valence-electron chi connectivity index (χ0n) is 17.7. The summed E-state index contributed by atoms with van der Waals surface area (Å²) < 4.78 is 0. The number of amides is 2. The first-order valence-electron chi connectivity index (χ1n) is 9.95. The van der Waals surface area contributed by atoms with Gasteiger partial charge in [-0.15, -0.1) is 0 Å². The fraction of sp³-hybridized carbons (Fsp3) is 0.0435. The summed E-state index contributed by atoms with van der Waals surface area (Å²) in [7, 11) is 0. The lowest BCUT2D eigenvalue weighted by atomic mass is 10.1. The predicted molar refractivity (Wildman–Crippen MR) is 146 cm³/mol. The maximum atomic E-state index is 12.5. The molecule has 0 fully saturated rings. The van der Waals surface area contributed by atoms with Gasteiger partial charge in [0.15, 0.2) is 0 Å². The Balaban J connectivity index is 1.52. The van der Waals surface area contributed by atoms with Crippen LogP contribution < -0.4 is 10.6 Å². The lowest BCUT2D eigenvalue weighted by Gasteiger charge is -2.09. The number of nitrogens with one attached hydrogen (secondary N) is 2. The minimum Gasteiger partial charge on any atom is -0.306 e. The van der Waals surface area contributed by atoms with Crippen molar-refractivity contribution >= 4 is 116 Å². The van der Waals surface area contributed by atoms with Gasteiger partial charge in [0, 0.05) is 0 Å². The summed E-state index contributed by atoms with van der Waals surface area (Å²) in [6.45, 7) is 1.70. The number of hydrogen-bond acceptors (Lipinski definition) is 4. The topological polar surface area (TPSA) is 82.9 Å². The number of hydrogen-bond donors (Lipinski definition) is 2. The van der Waals surface area contributed by atoms with Gasteiger partial charge in [0.2, 0.25) is 0 Å². The van der Waals surface area contributed by atoms with Crippen molar-refractivity contribution in [3.63, 3.8) is 0 Å². The zero-order valence-corrected chi connectivity index (χ0v) is 23.0. The van der Waals surface area contributed by atoms with Crippen LogP contribution in [0.4, 0.5) is 11.4 Å². The smallest absolute Gasteiger partial charge is 0.259 e. The number of aliphatic imine (C=N–C) groups is 2. The molecular weight excluding hydrogens is 612 g/mol. The summed E-state index contributed by atoms with van der Waals surface area (Å²) in [6, 6.07) is 6.64. The third kappa shape index (κ3) is 3.96. The molecule has 6 nitrogen and oxygen atoms in total. The van der Waals surface area contributed by atoms with E-state index in [0.29, 0.717) is 22.5 Å². The average Bonchev–Trinajstić information content (AvgIpc) is 3.35. The van der Waals surface area contributed by atoms with Crippen molar-refractivity contribution < 1.29 is 9.59 Å². The molecule has 0 spiro atoms. The van der Waals surface area contributed by atoms with E-state index in [1.165, 1.54) is 0 Å². The van der Waals surface area contributed by atoms with Gasteiger partial charge in [0.1, 0.15) is 11.7 Å². The van der Waals surface area contributed by atoms with E-state index in [-0.39, 0.29) is 63.5 Å². The number of carbonyl (C=O) groups is 2. The normalized spacial score (nSPS) is 16.4. The number of rotatable bonds is 2. The van der Waals surface area contributed by atoms with E-state index in [9.17, 15) is 9.59 Å². The lowest BCUT2D eigenvalue weighted by Crippen LogP contribution is -2.21. The summed E-state index contributed by atoms with van der Waals surface area (Å²) in [4.78, 5) is 33.9. The quantitative estimate of drug-likeness (QED) is 0.223. The highest BCUT2D eigenvalue weighted by atomic mass is 35.5. The highest BCUT2D eigenvalue weighted by molar-refractivity contribution is 6.55. The Morgan fingerprint density at radius 1 is 0.528 bits per heavy atom. The summed E-state index contributed by atoms with van der Waals surface area (Å²) in [5.41, 5.74) is 2.41. The molecule has 3 aromatic carbocycles. The molecule has 0 unspecified atom stereocenters. The van der Waals surface area contributed by atoms with Crippen LogP contribution in [-0.4, -0.2) is 23.5 Å².